The Morgan fingerprint density at radius 1 is 0.818 bits per heavy atom. The Kier molecular flexibility index (Phi) is 11.4. The molecule has 0 aliphatic rings. The Morgan fingerprint density at radius 2 is 1.36 bits per heavy atom. The largest absolute Gasteiger partial charge is 0.465 e. The van der Waals surface area contributed by atoms with Crippen molar-refractivity contribution < 1.29 is 9.53 Å². The Balaban J connectivity index is 1.86. The highest BCUT2D eigenvalue weighted by Gasteiger charge is 2.03. The first kappa shape index (κ1) is 18.7. The summed E-state index contributed by atoms with van der Waals surface area (Å²) in [5.41, 5.74) is 1.02. The highest BCUT2D eigenvalue weighted by atomic mass is 16.5. The van der Waals surface area contributed by atoms with E-state index in [2.05, 4.69) is 6.92 Å². The van der Waals surface area contributed by atoms with Gasteiger partial charge in [0.15, 0.2) is 0 Å². The lowest BCUT2D eigenvalue weighted by molar-refractivity contribution is -0.142. The summed E-state index contributed by atoms with van der Waals surface area (Å²) in [4.78, 5) is 11.7. The van der Waals surface area contributed by atoms with Crippen LogP contribution in [0.15, 0.2) is 30.3 Å². The molecule has 2 heteroatoms. The minimum absolute atomic E-state index is 0.109. The predicted molar refractivity (Wildman–Crippen MR) is 92.9 cm³/mol. The van der Waals surface area contributed by atoms with Gasteiger partial charge in [-0.25, -0.2) is 0 Å². The van der Waals surface area contributed by atoms with Crippen LogP contribution in [0.5, 0.6) is 0 Å². The van der Waals surface area contributed by atoms with Gasteiger partial charge in [-0.05, 0) is 12.0 Å². The fraction of sp³-hybridized carbons (Fsp3) is 0.650. The van der Waals surface area contributed by atoms with Crippen LogP contribution in [-0.2, 0) is 16.0 Å². The number of carbonyl (C=O) groups excluding carboxylic acids is 1. The van der Waals surface area contributed by atoms with Crippen LogP contribution in [0.1, 0.15) is 76.7 Å². The van der Waals surface area contributed by atoms with E-state index in [1.54, 1.807) is 0 Å². The average Bonchev–Trinajstić information content (AvgIpc) is 2.53. The third-order valence-electron chi connectivity index (χ3n) is 3.95. The third kappa shape index (κ3) is 10.4. The Labute approximate surface area is 136 Å². The summed E-state index contributed by atoms with van der Waals surface area (Å²) < 4.78 is 5.28. The summed E-state index contributed by atoms with van der Waals surface area (Å²) in [6.45, 7) is 2.83. The Bertz CT molecular complexity index is 373. The van der Waals surface area contributed by atoms with Gasteiger partial charge in [-0.2, -0.15) is 0 Å². The van der Waals surface area contributed by atoms with Crippen molar-refractivity contribution in [3.05, 3.63) is 35.9 Å². The number of ether oxygens (including phenoxy) is 1. The maximum absolute atomic E-state index is 11.7. The average molecular weight is 304 g/mol. The molecule has 0 bridgehead atoms. The van der Waals surface area contributed by atoms with Crippen LogP contribution in [0.2, 0.25) is 0 Å². The number of unbranched alkanes of at least 4 members (excludes halogenated alkanes) is 9. The minimum Gasteiger partial charge on any atom is -0.465 e. The van der Waals surface area contributed by atoms with Gasteiger partial charge in [0.1, 0.15) is 0 Å². The summed E-state index contributed by atoms with van der Waals surface area (Å²) >= 11 is 0. The van der Waals surface area contributed by atoms with Crippen LogP contribution < -0.4 is 0 Å². The lowest BCUT2D eigenvalue weighted by atomic mass is 10.1. The molecule has 0 unspecified atom stereocenters. The number of hydrogen-bond acceptors (Lipinski definition) is 2. The van der Waals surface area contributed by atoms with Gasteiger partial charge >= 0.3 is 5.97 Å². The number of esters is 1. The van der Waals surface area contributed by atoms with Gasteiger partial charge in [-0.1, -0.05) is 95.0 Å². The van der Waals surface area contributed by atoms with Crippen LogP contribution >= 0.6 is 0 Å². The quantitative estimate of drug-likeness (QED) is 0.345. The summed E-state index contributed by atoms with van der Waals surface area (Å²) in [7, 11) is 0. The zero-order valence-corrected chi connectivity index (χ0v) is 14.2. The van der Waals surface area contributed by atoms with Gasteiger partial charge in [0, 0.05) is 0 Å². The molecule has 124 valence electrons. The van der Waals surface area contributed by atoms with Gasteiger partial charge in [0.05, 0.1) is 13.0 Å². The first-order chi connectivity index (χ1) is 10.8. The van der Waals surface area contributed by atoms with E-state index in [9.17, 15) is 4.79 Å². The molecule has 0 aliphatic heterocycles. The van der Waals surface area contributed by atoms with E-state index in [0.717, 1.165) is 12.0 Å². The van der Waals surface area contributed by atoms with Crippen molar-refractivity contribution in [1.29, 1.82) is 0 Å². The fourth-order valence-corrected chi connectivity index (χ4v) is 2.59. The van der Waals surface area contributed by atoms with Gasteiger partial charge in [-0.3, -0.25) is 4.79 Å². The Hall–Kier alpha value is -1.31. The molecule has 0 amide bonds. The molecule has 0 saturated carbocycles. The minimum atomic E-state index is -0.109. The molecule has 0 fully saturated rings. The van der Waals surface area contributed by atoms with Crippen molar-refractivity contribution >= 4 is 5.97 Å². The summed E-state index contributed by atoms with van der Waals surface area (Å²) in [6.07, 6.45) is 13.4. The molecule has 0 aromatic heterocycles. The molecule has 22 heavy (non-hydrogen) atoms. The van der Waals surface area contributed by atoms with Crippen molar-refractivity contribution in [2.24, 2.45) is 0 Å². The molecule has 2 nitrogen and oxygen atoms in total. The van der Waals surface area contributed by atoms with Gasteiger partial charge in [-0.15, -0.1) is 0 Å². The topological polar surface area (TPSA) is 26.3 Å². The van der Waals surface area contributed by atoms with Crippen molar-refractivity contribution in [3.63, 3.8) is 0 Å². The summed E-state index contributed by atoms with van der Waals surface area (Å²) in [5.74, 6) is -0.109. The van der Waals surface area contributed by atoms with Crippen LogP contribution in [-0.4, -0.2) is 12.6 Å². The van der Waals surface area contributed by atoms with Crippen molar-refractivity contribution in [2.75, 3.05) is 6.61 Å². The monoisotopic (exact) mass is 304 g/mol. The molecule has 0 heterocycles. The predicted octanol–water partition coefficient (Wildman–Crippen LogP) is 5.69. The smallest absolute Gasteiger partial charge is 0.310 e. The van der Waals surface area contributed by atoms with E-state index in [-0.39, 0.29) is 5.97 Å². The second-order valence-corrected chi connectivity index (χ2v) is 6.06. The van der Waals surface area contributed by atoms with Crippen LogP contribution in [0.3, 0.4) is 0 Å². The third-order valence-corrected chi connectivity index (χ3v) is 3.95. The highest BCUT2D eigenvalue weighted by Crippen LogP contribution is 2.10. The van der Waals surface area contributed by atoms with Crippen LogP contribution in [0.4, 0.5) is 0 Å². The first-order valence-electron chi connectivity index (χ1n) is 9.02. The normalized spacial score (nSPS) is 10.6. The van der Waals surface area contributed by atoms with Crippen molar-refractivity contribution in [3.8, 4) is 0 Å². The highest BCUT2D eigenvalue weighted by molar-refractivity contribution is 5.72. The van der Waals surface area contributed by atoms with E-state index in [1.807, 2.05) is 30.3 Å². The fourth-order valence-electron chi connectivity index (χ4n) is 2.59. The lowest BCUT2D eigenvalue weighted by Crippen LogP contribution is -2.08. The zero-order chi connectivity index (χ0) is 15.9. The van der Waals surface area contributed by atoms with E-state index in [4.69, 9.17) is 4.74 Å². The van der Waals surface area contributed by atoms with Crippen molar-refractivity contribution in [2.45, 2.75) is 77.6 Å². The zero-order valence-electron chi connectivity index (χ0n) is 14.2. The number of benzene rings is 1. The molecule has 0 spiro atoms. The molecule has 0 atom stereocenters. The second-order valence-electron chi connectivity index (χ2n) is 6.06. The second kappa shape index (κ2) is 13.4. The maximum atomic E-state index is 11.7. The van der Waals surface area contributed by atoms with Gasteiger partial charge < -0.3 is 4.74 Å². The first-order valence-corrected chi connectivity index (χ1v) is 9.02. The lowest BCUT2D eigenvalue weighted by Gasteiger charge is -2.05. The van der Waals surface area contributed by atoms with E-state index in [1.165, 1.54) is 57.8 Å². The standard InChI is InChI=1S/C20H32O2/c1-2-3-4-5-6-7-8-9-10-14-17-22-20(21)18-19-15-12-11-13-16-19/h11-13,15-16H,2-10,14,17-18H2,1H3. The number of hydrogen-bond donors (Lipinski definition) is 0. The molecular weight excluding hydrogens is 272 g/mol. The SMILES string of the molecule is CCCCCCCCCCCCOC(=O)Cc1ccccc1. The summed E-state index contributed by atoms with van der Waals surface area (Å²) in [5, 5.41) is 0. The van der Waals surface area contributed by atoms with Gasteiger partial charge in [0.2, 0.25) is 0 Å². The van der Waals surface area contributed by atoms with Gasteiger partial charge in [0.25, 0.3) is 0 Å². The van der Waals surface area contributed by atoms with Crippen molar-refractivity contribution in [1.82, 2.24) is 0 Å². The molecule has 0 saturated heterocycles. The molecule has 1 aromatic carbocycles. The Morgan fingerprint density at radius 3 is 1.95 bits per heavy atom. The van der Waals surface area contributed by atoms with Crippen LogP contribution in [0, 0.1) is 0 Å². The maximum Gasteiger partial charge on any atom is 0.310 e. The molecule has 0 aliphatic carbocycles. The molecular formula is C20H32O2. The molecule has 0 N–H and O–H groups in total. The van der Waals surface area contributed by atoms with E-state index < -0.39 is 0 Å². The molecule has 1 rings (SSSR count). The molecule has 0 radical (unpaired) electrons. The van der Waals surface area contributed by atoms with E-state index in [0.29, 0.717) is 13.0 Å². The number of carbonyl (C=O) groups is 1. The number of rotatable bonds is 13. The van der Waals surface area contributed by atoms with E-state index >= 15 is 0 Å². The van der Waals surface area contributed by atoms with Crippen LogP contribution in [0.25, 0.3) is 0 Å². The molecule has 1 aromatic rings. The summed E-state index contributed by atoms with van der Waals surface area (Å²) in [6, 6.07) is 9.78.